The van der Waals surface area contributed by atoms with Crippen LogP contribution in [0.4, 0.5) is 17.1 Å². The third kappa shape index (κ3) is 9.43. The van der Waals surface area contributed by atoms with Gasteiger partial charge in [-0.05, 0) is 128 Å². The molecule has 59 heavy (non-hydrogen) atoms. The predicted molar refractivity (Wildman–Crippen MR) is 232 cm³/mol. The molecule has 0 aliphatic carbocycles. The van der Waals surface area contributed by atoms with Crippen molar-refractivity contribution in [2.75, 3.05) is 42.7 Å². The zero-order chi connectivity index (χ0) is 42.5. The summed E-state index contributed by atoms with van der Waals surface area (Å²) in [5.74, 6) is 0.0595. The summed E-state index contributed by atoms with van der Waals surface area (Å²) < 4.78 is 14.8. The third-order valence-corrected chi connectivity index (χ3v) is 14.6. The van der Waals surface area contributed by atoms with Crippen LogP contribution < -0.4 is 19.9 Å². The summed E-state index contributed by atoms with van der Waals surface area (Å²) in [5, 5.41) is 30.7. The molecule has 1 aromatic heterocycles. The molecule has 1 unspecified atom stereocenters. The van der Waals surface area contributed by atoms with E-state index in [1.54, 1.807) is 9.58 Å². The molecule has 3 aromatic rings. The van der Waals surface area contributed by atoms with Crippen molar-refractivity contribution in [2.45, 2.75) is 122 Å². The van der Waals surface area contributed by atoms with Crippen molar-refractivity contribution in [3.63, 3.8) is 0 Å². The van der Waals surface area contributed by atoms with Gasteiger partial charge >= 0.3 is 0 Å². The molecule has 13 nitrogen and oxygen atoms in total. The fourth-order valence-corrected chi connectivity index (χ4v) is 11.9. The topological polar surface area (TPSA) is 163 Å². The Bertz CT molecular complexity index is 2020. The van der Waals surface area contributed by atoms with Crippen LogP contribution in [0, 0.1) is 5.92 Å². The minimum atomic E-state index is -2.96. The molecule has 3 aliphatic heterocycles. The average Bonchev–Trinajstić information content (AvgIpc) is 3.84. The van der Waals surface area contributed by atoms with E-state index in [2.05, 4.69) is 48.6 Å². The number of aromatic nitrogens is 3. The van der Waals surface area contributed by atoms with Crippen LogP contribution in [0.25, 0.3) is 0 Å². The van der Waals surface area contributed by atoms with Crippen LogP contribution in [0.5, 0.6) is 5.75 Å². The molecule has 14 heteroatoms. The normalized spacial score (nSPS) is 23.0. The van der Waals surface area contributed by atoms with E-state index in [1.807, 2.05) is 74.4 Å². The summed E-state index contributed by atoms with van der Waals surface area (Å²) in [4.78, 5) is 45.4. The number of fused-ring (bicyclic) bond motifs is 3. The van der Waals surface area contributed by atoms with Crippen molar-refractivity contribution in [3.05, 3.63) is 82.7 Å². The summed E-state index contributed by atoms with van der Waals surface area (Å²) in [7, 11) is -2.96. The highest BCUT2D eigenvalue weighted by atomic mass is 28.4. The fourth-order valence-electron chi connectivity index (χ4n) is 9.25. The molecule has 0 saturated carbocycles. The molecule has 3 aliphatic rings. The number of nitrogens with one attached hydrogen (secondary N) is 1. The summed E-state index contributed by atoms with van der Waals surface area (Å²) in [6, 6.07) is 11.1. The number of allylic oxidation sites excluding steroid dienone is 3. The minimum Gasteiger partial charge on any atom is -0.494 e. The second-order valence-corrected chi connectivity index (χ2v) is 21.1. The van der Waals surface area contributed by atoms with E-state index in [4.69, 9.17) is 9.47 Å². The van der Waals surface area contributed by atoms with E-state index in [1.165, 1.54) is 11.1 Å². The maximum Gasteiger partial charge on any atom is 0.264 e. The quantitative estimate of drug-likeness (QED) is 0.0632. The number of ether oxygens (including phenoxy) is 2. The summed E-state index contributed by atoms with van der Waals surface area (Å²) in [5.41, 5.74) is 5.20. The number of aliphatic hydroxyl groups excluding tert-OH is 2. The molecule has 0 bridgehead atoms. The first-order valence-electron chi connectivity index (χ1n) is 21.3. The van der Waals surface area contributed by atoms with Gasteiger partial charge in [-0.1, -0.05) is 35.4 Å². The summed E-state index contributed by atoms with van der Waals surface area (Å²) in [6.07, 6.45) is 10.2. The molecule has 6 rings (SSSR count). The van der Waals surface area contributed by atoms with E-state index in [-0.39, 0.29) is 30.6 Å². The van der Waals surface area contributed by atoms with E-state index in [0.717, 1.165) is 42.0 Å². The number of rotatable bonds is 19. The Morgan fingerprint density at radius 1 is 1.07 bits per heavy atom. The van der Waals surface area contributed by atoms with Crippen LogP contribution in [-0.2, 0) is 39.3 Å². The van der Waals surface area contributed by atoms with Crippen molar-refractivity contribution in [2.24, 2.45) is 5.92 Å². The molecule has 0 radical (unpaired) electrons. The number of hydrogen-bond acceptors (Lipinski definition) is 10. The van der Waals surface area contributed by atoms with Crippen molar-refractivity contribution < 1.29 is 34.1 Å². The Labute approximate surface area is 350 Å². The lowest BCUT2D eigenvalue weighted by molar-refractivity contribution is -0.145. The predicted octanol–water partition coefficient (Wildman–Crippen LogP) is 6.09. The first kappa shape index (κ1) is 44.4. The number of amides is 2. The lowest BCUT2D eigenvalue weighted by Crippen LogP contribution is -2.49. The monoisotopic (exact) mass is 828 g/mol. The van der Waals surface area contributed by atoms with Crippen LogP contribution in [0.3, 0.4) is 0 Å². The Morgan fingerprint density at radius 2 is 1.85 bits per heavy atom. The highest BCUT2D eigenvalue weighted by Crippen LogP contribution is 2.60. The second kappa shape index (κ2) is 19.0. The summed E-state index contributed by atoms with van der Waals surface area (Å²) >= 11 is 0. The lowest BCUT2D eigenvalue weighted by Gasteiger charge is -2.36. The SMILES string of the molecule is CCOc1ccc2c(c1)CC(NCCCCO)C(=O)N2c1ccc2c(c1)[C@]1(O[C@@H](CCn3cc(CCO)nn3)[C@H]([Si](C)(C)O)[C@H]1C)C(=O)N2C/C=C(\C)CCC=C(C)C. The number of carbonyl (C=O) groups is 2. The fraction of sp³-hybridized carbons (Fsp3) is 0.556. The van der Waals surface area contributed by atoms with Crippen molar-refractivity contribution >= 4 is 37.2 Å². The van der Waals surface area contributed by atoms with Gasteiger partial charge in [0, 0.05) is 61.6 Å². The van der Waals surface area contributed by atoms with Crippen LogP contribution in [0.1, 0.15) is 83.5 Å². The van der Waals surface area contributed by atoms with Gasteiger partial charge < -0.3 is 34.7 Å². The van der Waals surface area contributed by atoms with Crippen LogP contribution in [0.2, 0.25) is 18.6 Å². The Kier molecular flexibility index (Phi) is 14.3. The molecule has 2 amide bonds. The van der Waals surface area contributed by atoms with Crippen molar-refractivity contribution in [1.29, 1.82) is 0 Å². The average molecular weight is 829 g/mol. The van der Waals surface area contributed by atoms with E-state index in [9.17, 15) is 19.8 Å². The van der Waals surface area contributed by atoms with Gasteiger partial charge in [0.2, 0.25) is 5.91 Å². The zero-order valence-corrected chi connectivity index (χ0v) is 36.9. The largest absolute Gasteiger partial charge is 0.494 e. The first-order chi connectivity index (χ1) is 28.2. The third-order valence-electron chi connectivity index (χ3n) is 12.1. The number of unbranched alkanes of at least 4 members (excludes halogenated alkanes) is 1. The van der Waals surface area contributed by atoms with Gasteiger partial charge in [-0.2, -0.15) is 0 Å². The standard InChI is InChI=1S/C45H64N6O7Si/c1-8-57-36-15-17-39-33(26-36)27-38(46-21-9-10-24-52)43(54)51(39)35-14-16-40-37(28-35)45(44(55)50(40)23-18-31(4)13-11-12-30(2)3)32(5)42(59(6,7)56)41(58-45)19-22-49-29-34(20-25-53)47-48-49/h12,14-18,26,28-29,32,38,41-42,46,52-53,56H,8-11,13,19-25,27H2,1-7H3/b31-18+/t32-,38?,41+,42-,45+/m1/s1. The first-order valence-corrected chi connectivity index (χ1v) is 24.3. The molecule has 320 valence electrons. The molecule has 5 atom stereocenters. The minimum absolute atomic E-state index is 0.0221. The van der Waals surface area contributed by atoms with Gasteiger partial charge in [0.25, 0.3) is 5.91 Å². The number of aryl methyl sites for hydroxylation is 1. The number of hydrogen-bond donors (Lipinski definition) is 4. The molecule has 1 saturated heterocycles. The molecular weight excluding hydrogens is 765 g/mol. The number of carbonyl (C=O) groups excluding carboxylic acids is 2. The Hall–Kier alpha value is -4.18. The maximum atomic E-state index is 15.3. The van der Waals surface area contributed by atoms with E-state index in [0.29, 0.717) is 68.9 Å². The smallest absolute Gasteiger partial charge is 0.264 e. The van der Waals surface area contributed by atoms with Gasteiger partial charge in [-0.3, -0.25) is 19.2 Å². The molecule has 4 heterocycles. The Morgan fingerprint density at radius 3 is 2.56 bits per heavy atom. The van der Waals surface area contributed by atoms with Crippen LogP contribution >= 0.6 is 0 Å². The molecule has 4 N–H and O–H groups in total. The van der Waals surface area contributed by atoms with Gasteiger partial charge in [0.05, 0.1) is 35.8 Å². The Balaban J connectivity index is 1.43. The number of benzene rings is 2. The molecule has 2 aromatic carbocycles. The maximum absolute atomic E-state index is 15.3. The molecule has 1 spiro atoms. The highest BCUT2D eigenvalue weighted by molar-refractivity contribution is 6.71. The van der Waals surface area contributed by atoms with E-state index >= 15 is 4.79 Å². The number of aliphatic hydroxyl groups is 2. The number of anilines is 3. The molecular formula is C45H64N6O7Si. The zero-order valence-electron chi connectivity index (χ0n) is 35.9. The van der Waals surface area contributed by atoms with Gasteiger partial charge in [-0.15, -0.1) is 5.10 Å². The van der Waals surface area contributed by atoms with Crippen molar-refractivity contribution in [1.82, 2.24) is 20.3 Å². The highest BCUT2D eigenvalue weighted by Gasteiger charge is 2.66. The van der Waals surface area contributed by atoms with Gasteiger partial charge in [0.15, 0.2) is 13.9 Å². The van der Waals surface area contributed by atoms with Crippen LogP contribution in [-0.4, -0.2) is 95.2 Å². The second-order valence-electron chi connectivity index (χ2n) is 17.1. The van der Waals surface area contributed by atoms with Crippen molar-refractivity contribution in [3.8, 4) is 5.75 Å². The summed E-state index contributed by atoms with van der Waals surface area (Å²) in [6.45, 7) is 16.1. The van der Waals surface area contributed by atoms with Crippen LogP contribution in [0.15, 0.2) is 65.9 Å². The lowest BCUT2D eigenvalue weighted by atomic mass is 9.82. The number of nitrogens with zero attached hydrogens (tertiary/aromatic N) is 5. The van der Waals surface area contributed by atoms with Gasteiger partial charge in [-0.25, -0.2) is 0 Å². The van der Waals surface area contributed by atoms with Gasteiger partial charge in [0.1, 0.15) is 5.75 Å². The molecule has 1 fully saturated rings. The van der Waals surface area contributed by atoms with E-state index < -0.39 is 32.0 Å².